The van der Waals surface area contributed by atoms with E-state index in [0.29, 0.717) is 0 Å². The molecular formula is C15H35BrO2Si2. The normalized spacial score (nSPS) is 19.4. The summed E-state index contributed by atoms with van der Waals surface area (Å²) in [5.41, 5.74) is 0. The van der Waals surface area contributed by atoms with Crippen LogP contribution in [0.3, 0.4) is 0 Å². The molecule has 0 aromatic carbocycles. The number of hydrogen-bond acceptors (Lipinski definition) is 2. The van der Waals surface area contributed by atoms with Gasteiger partial charge in [0.05, 0.1) is 10.3 Å². The summed E-state index contributed by atoms with van der Waals surface area (Å²) >= 11 is 3.20. The van der Waals surface area contributed by atoms with E-state index in [9.17, 15) is 0 Å². The van der Waals surface area contributed by atoms with Gasteiger partial charge in [-0.2, -0.15) is 0 Å². The molecular weight excluding hydrogens is 348 g/mol. The fourth-order valence-electron chi connectivity index (χ4n) is 0.728. The molecule has 0 spiro atoms. The topological polar surface area (TPSA) is 18.5 Å². The highest BCUT2D eigenvalue weighted by Gasteiger charge is 2.39. The van der Waals surface area contributed by atoms with E-state index in [0.717, 1.165) is 0 Å². The maximum absolute atomic E-state index is 8.31. The lowest BCUT2D eigenvalue weighted by Crippen LogP contribution is -2.44. The molecule has 122 valence electrons. The molecule has 0 saturated carbocycles. The number of hydrogen-bond donors (Lipinski definition) is 0. The Hall–Kier alpha value is 0.834. The van der Waals surface area contributed by atoms with Gasteiger partial charge in [-0.1, -0.05) is 57.5 Å². The number of rotatable bonds is 6. The van der Waals surface area contributed by atoms with Crippen molar-refractivity contribution < 1.29 is 14.3 Å². The van der Waals surface area contributed by atoms with Crippen LogP contribution in [0.25, 0.3) is 0 Å². The zero-order valence-corrected chi connectivity index (χ0v) is 18.4. The lowest BCUT2D eigenvalue weighted by atomic mass is 10.2. The summed E-state index contributed by atoms with van der Waals surface area (Å²) in [6.07, 6.45) is 0. The molecule has 0 aromatic rings. The number of halogens is 1. The molecule has 0 radical (unpaired) electrons. The van der Waals surface area contributed by atoms with E-state index >= 15 is 0 Å². The molecule has 0 bridgehead atoms. The lowest BCUT2D eigenvalue weighted by molar-refractivity contribution is 0.231. The second-order valence-corrected chi connectivity index (χ2v) is 18.7. The van der Waals surface area contributed by atoms with Gasteiger partial charge < -0.3 is 8.85 Å². The highest BCUT2D eigenvalue weighted by Crippen LogP contribution is 2.38. The minimum atomic E-state index is -2.39. The SMILES string of the molecule is [2H]C([2H])(O[Si](C)(C)C(C)(C)C)C(Br)C([2H])([2H])O[Si](C)(C)C(C)(C)C. The van der Waals surface area contributed by atoms with Crippen LogP contribution in [0.5, 0.6) is 0 Å². The van der Waals surface area contributed by atoms with Gasteiger partial charge in [-0.3, -0.25) is 0 Å². The minimum absolute atomic E-state index is 0.167. The first kappa shape index (κ1) is 14.4. The Kier molecular flexibility index (Phi) is 5.01. The van der Waals surface area contributed by atoms with Crippen LogP contribution in [-0.4, -0.2) is 34.6 Å². The van der Waals surface area contributed by atoms with Crippen molar-refractivity contribution in [2.75, 3.05) is 13.1 Å². The Morgan fingerprint density at radius 3 is 1.30 bits per heavy atom. The minimum Gasteiger partial charge on any atom is -0.416 e. The van der Waals surface area contributed by atoms with E-state index in [1.807, 2.05) is 67.7 Å². The Morgan fingerprint density at radius 1 is 0.850 bits per heavy atom. The Balaban J connectivity index is 5.47. The predicted molar refractivity (Wildman–Crippen MR) is 99.0 cm³/mol. The van der Waals surface area contributed by atoms with Crippen molar-refractivity contribution in [1.82, 2.24) is 0 Å². The van der Waals surface area contributed by atoms with Crippen molar-refractivity contribution in [3.63, 3.8) is 0 Å². The molecule has 0 aromatic heterocycles. The molecule has 5 heteroatoms. The third-order valence-electron chi connectivity index (χ3n) is 4.45. The molecule has 0 amide bonds. The molecule has 0 unspecified atom stereocenters. The van der Waals surface area contributed by atoms with Crippen LogP contribution in [0.2, 0.25) is 36.3 Å². The molecule has 0 aliphatic rings. The molecule has 0 N–H and O–H groups in total. The van der Waals surface area contributed by atoms with Crippen molar-refractivity contribution in [3.8, 4) is 0 Å². The summed E-state index contributed by atoms with van der Waals surface area (Å²) in [4.78, 5) is -1.22. The van der Waals surface area contributed by atoms with Gasteiger partial charge in [-0.25, -0.2) is 0 Å². The third-order valence-corrected chi connectivity index (χ3v) is 13.3. The average Bonchev–Trinajstić information content (AvgIpc) is 2.21. The van der Waals surface area contributed by atoms with Crippen molar-refractivity contribution in [2.24, 2.45) is 0 Å². The second-order valence-electron chi connectivity index (χ2n) is 8.32. The van der Waals surface area contributed by atoms with Gasteiger partial charge in [-0.15, -0.1) is 0 Å². The van der Waals surface area contributed by atoms with Crippen LogP contribution in [-0.2, 0) is 8.85 Å². The standard InChI is InChI=1S/C15H35BrO2Si2/c1-14(2,3)19(7,8)17-11-13(16)12-18-20(9,10)15(4,5)6/h13H,11-12H2,1-10H3/i11D2,12D2. The summed E-state index contributed by atoms with van der Waals surface area (Å²) < 4.78 is 45.0. The highest BCUT2D eigenvalue weighted by molar-refractivity contribution is 9.09. The lowest BCUT2D eigenvalue weighted by Gasteiger charge is -2.38. The van der Waals surface area contributed by atoms with E-state index in [4.69, 9.17) is 14.3 Å². The van der Waals surface area contributed by atoms with Crippen molar-refractivity contribution in [1.29, 1.82) is 0 Å². The largest absolute Gasteiger partial charge is 0.416 e. The summed E-state index contributed by atoms with van der Waals surface area (Å²) in [5, 5.41) is -0.333. The molecule has 0 heterocycles. The Morgan fingerprint density at radius 2 is 1.10 bits per heavy atom. The van der Waals surface area contributed by atoms with Crippen LogP contribution in [0, 0.1) is 0 Å². The predicted octanol–water partition coefficient (Wildman–Crippen LogP) is 5.79. The Bertz CT molecular complexity index is 404. The monoisotopic (exact) mass is 386 g/mol. The maximum Gasteiger partial charge on any atom is 0.192 e. The van der Waals surface area contributed by atoms with E-state index in [2.05, 4.69) is 15.9 Å². The van der Waals surface area contributed by atoms with Gasteiger partial charge in [0.15, 0.2) is 16.6 Å². The van der Waals surface area contributed by atoms with Gasteiger partial charge in [0.2, 0.25) is 0 Å². The van der Waals surface area contributed by atoms with Gasteiger partial charge in [0, 0.05) is 13.1 Å². The van der Waals surface area contributed by atoms with Crippen LogP contribution in [0.1, 0.15) is 47.0 Å². The summed E-state index contributed by atoms with van der Waals surface area (Å²) in [5.74, 6) is 0. The van der Waals surface area contributed by atoms with Gasteiger partial charge in [0.25, 0.3) is 0 Å². The van der Waals surface area contributed by atoms with Gasteiger partial charge >= 0.3 is 0 Å². The molecule has 0 saturated heterocycles. The highest BCUT2D eigenvalue weighted by atomic mass is 79.9. The van der Waals surface area contributed by atoms with Crippen LogP contribution in [0.15, 0.2) is 0 Å². The molecule has 20 heavy (non-hydrogen) atoms. The van der Waals surface area contributed by atoms with Gasteiger partial charge in [-0.05, 0) is 36.3 Å². The van der Waals surface area contributed by atoms with E-state index in [1.165, 1.54) is 0 Å². The fourth-order valence-corrected chi connectivity index (χ4v) is 2.70. The molecule has 0 rings (SSSR count). The van der Waals surface area contributed by atoms with Crippen molar-refractivity contribution in [2.45, 2.75) is 82.6 Å². The summed E-state index contributed by atoms with van der Waals surface area (Å²) in [6.45, 7) is 15.6. The van der Waals surface area contributed by atoms with E-state index in [-0.39, 0.29) is 10.1 Å². The van der Waals surface area contributed by atoms with Crippen LogP contribution >= 0.6 is 15.9 Å². The first-order chi connectivity index (χ1) is 10.1. The average molecular weight is 388 g/mol. The zero-order valence-electron chi connectivity index (χ0n) is 18.8. The Labute approximate surface area is 143 Å². The van der Waals surface area contributed by atoms with Crippen molar-refractivity contribution >= 4 is 32.6 Å². The first-order valence-corrected chi connectivity index (χ1v) is 13.8. The maximum atomic E-state index is 8.31. The van der Waals surface area contributed by atoms with Crippen LogP contribution < -0.4 is 0 Å². The molecule has 0 aliphatic carbocycles. The third kappa shape index (κ3) is 6.30. The summed E-state index contributed by atoms with van der Waals surface area (Å²) in [6, 6.07) is 0. The van der Waals surface area contributed by atoms with Gasteiger partial charge in [0.1, 0.15) is 0 Å². The smallest absolute Gasteiger partial charge is 0.192 e. The number of alkyl halides is 1. The molecule has 2 nitrogen and oxygen atoms in total. The van der Waals surface area contributed by atoms with E-state index in [1.54, 1.807) is 0 Å². The summed E-state index contributed by atoms with van der Waals surface area (Å²) in [7, 11) is -4.79. The van der Waals surface area contributed by atoms with Crippen molar-refractivity contribution in [3.05, 3.63) is 0 Å². The molecule has 0 fully saturated rings. The zero-order chi connectivity index (χ0) is 20.0. The quantitative estimate of drug-likeness (QED) is 0.424. The van der Waals surface area contributed by atoms with E-state index < -0.39 is 34.6 Å². The first-order valence-electron chi connectivity index (χ1n) is 9.11. The second kappa shape index (κ2) is 6.94. The van der Waals surface area contributed by atoms with Crippen LogP contribution in [0.4, 0.5) is 0 Å². The fraction of sp³-hybridized carbons (Fsp3) is 1.00. The molecule has 0 atom stereocenters. The molecule has 0 aliphatic heterocycles.